The highest BCUT2D eigenvalue weighted by molar-refractivity contribution is 5.95. The Morgan fingerprint density at radius 3 is 1.70 bits per heavy atom. The summed E-state index contributed by atoms with van der Waals surface area (Å²) in [6, 6.07) is -5.87. The fourth-order valence-corrected chi connectivity index (χ4v) is 2.30. The van der Waals surface area contributed by atoms with E-state index in [4.69, 9.17) is 21.1 Å². The van der Waals surface area contributed by atoms with Crippen LogP contribution in [0.3, 0.4) is 0 Å². The Kier molecular flexibility index (Phi) is 11.5. The summed E-state index contributed by atoms with van der Waals surface area (Å²) in [6.45, 7) is 3.81. The quantitative estimate of drug-likeness (QED) is 0.144. The molecule has 30 heavy (non-hydrogen) atoms. The lowest BCUT2D eigenvalue weighted by molar-refractivity contribution is -0.144. The zero-order valence-electron chi connectivity index (χ0n) is 17.0. The Hall–Kier alpha value is -2.77. The van der Waals surface area contributed by atoms with Gasteiger partial charge in [0.05, 0.1) is 19.1 Å². The highest BCUT2D eigenvalue weighted by atomic mass is 16.4. The smallest absolute Gasteiger partial charge is 0.328 e. The van der Waals surface area contributed by atoms with Gasteiger partial charge in [0.1, 0.15) is 24.2 Å². The van der Waals surface area contributed by atoms with Crippen molar-refractivity contribution >= 4 is 29.7 Å². The van der Waals surface area contributed by atoms with Crippen LogP contribution in [-0.4, -0.2) is 87.0 Å². The maximum atomic E-state index is 12.6. The van der Waals surface area contributed by atoms with Crippen molar-refractivity contribution in [1.82, 2.24) is 16.0 Å². The minimum atomic E-state index is -1.60. The molecule has 0 aliphatic carbocycles. The van der Waals surface area contributed by atoms with Crippen LogP contribution in [0.4, 0.5) is 0 Å². The Morgan fingerprint density at radius 2 is 1.30 bits per heavy atom. The van der Waals surface area contributed by atoms with E-state index in [0.29, 0.717) is 0 Å². The molecule has 9 N–H and O–H groups in total. The molecule has 13 heteroatoms. The first-order chi connectivity index (χ1) is 13.8. The van der Waals surface area contributed by atoms with E-state index in [1.807, 2.05) is 0 Å². The Labute approximate surface area is 173 Å². The number of carbonyl (C=O) groups is 5. The lowest BCUT2D eigenvalue weighted by atomic mass is 10.0. The number of carboxylic acid groups (broad SMARTS) is 2. The number of nitrogens with two attached hydrogens (primary N) is 1. The number of aliphatic carboxylic acids is 2. The summed E-state index contributed by atoms with van der Waals surface area (Å²) in [5.74, 6) is -5.92. The van der Waals surface area contributed by atoms with Crippen LogP contribution in [0.15, 0.2) is 0 Å². The number of aliphatic hydroxyl groups excluding tert-OH is 2. The van der Waals surface area contributed by atoms with Gasteiger partial charge in [0.15, 0.2) is 0 Å². The summed E-state index contributed by atoms with van der Waals surface area (Å²) >= 11 is 0. The molecule has 172 valence electrons. The molecule has 5 unspecified atom stereocenters. The summed E-state index contributed by atoms with van der Waals surface area (Å²) in [4.78, 5) is 59.0. The van der Waals surface area contributed by atoms with Crippen LogP contribution in [0.5, 0.6) is 0 Å². The van der Waals surface area contributed by atoms with E-state index in [2.05, 4.69) is 16.0 Å². The van der Waals surface area contributed by atoms with Gasteiger partial charge in [0.2, 0.25) is 17.7 Å². The molecule has 0 aliphatic heterocycles. The minimum absolute atomic E-state index is 0.0657. The van der Waals surface area contributed by atoms with Gasteiger partial charge in [0.25, 0.3) is 0 Å². The highest BCUT2D eigenvalue weighted by Gasteiger charge is 2.32. The molecule has 0 radical (unpaired) electrons. The van der Waals surface area contributed by atoms with Gasteiger partial charge in [-0.15, -0.1) is 0 Å². The van der Waals surface area contributed by atoms with Gasteiger partial charge < -0.3 is 42.1 Å². The third kappa shape index (κ3) is 9.62. The first-order valence-electron chi connectivity index (χ1n) is 9.20. The predicted molar refractivity (Wildman–Crippen MR) is 102 cm³/mol. The van der Waals surface area contributed by atoms with Crippen molar-refractivity contribution < 1.29 is 44.4 Å². The van der Waals surface area contributed by atoms with Crippen molar-refractivity contribution in [2.24, 2.45) is 11.7 Å². The summed E-state index contributed by atoms with van der Waals surface area (Å²) in [5, 5.41) is 42.8. The van der Waals surface area contributed by atoms with Gasteiger partial charge in [-0.25, -0.2) is 4.79 Å². The summed E-state index contributed by atoms with van der Waals surface area (Å²) < 4.78 is 0. The van der Waals surface area contributed by atoms with Gasteiger partial charge in [0, 0.05) is 0 Å². The molecule has 5 atom stereocenters. The second kappa shape index (κ2) is 12.7. The number of rotatable bonds is 13. The van der Waals surface area contributed by atoms with E-state index in [-0.39, 0.29) is 12.3 Å². The van der Waals surface area contributed by atoms with Gasteiger partial charge in [-0.3, -0.25) is 19.2 Å². The van der Waals surface area contributed by atoms with Crippen LogP contribution in [0.2, 0.25) is 0 Å². The molecule has 0 bridgehead atoms. The maximum Gasteiger partial charge on any atom is 0.328 e. The van der Waals surface area contributed by atoms with Crippen molar-refractivity contribution in [2.75, 3.05) is 6.61 Å². The van der Waals surface area contributed by atoms with E-state index >= 15 is 0 Å². The fraction of sp³-hybridized carbons (Fsp3) is 0.706. The molecular weight excluding hydrogens is 404 g/mol. The fourth-order valence-electron chi connectivity index (χ4n) is 2.30. The van der Waals surface area contributed by atoms with E-state index in [1.54, 1.807) is 13.8 Å². The molecule has 0 aromatic rings. The van der Waals surface area contributed by atoms with Crippen LogP contribution < -0.4 is 21.7 Å². The molecule has 0 fully saturated rings. The van der Waals surface area contributed by atoms with Gasteiger partial charge in [-0.1, -0.05) is 13.8 Å². The average molecular weight is 434 g/mol. The van der Waals surface area contributed by atoms with Gasteiger partial charge >= 0.3 is 11.9 Å². The SMILES string of the molecule is CC(C)CC(NC(=O)C(CC(=O)O)NC(=O)C(N)C(C)O)C(=O)NC(CO)C(=O)O. The molecule has 3 amide bonds. The first kappa shape index (κ1) is 27.2. The van der Waals surface area contributed by atoms with Crippen LogP contribution in [0, 0.1) is 5.92 Å². The topological polar surface area (TPSA) is 228 Å². The summed E-state index contributed by atoms with van der Waals surface area (Å²) in [7, 11) is 0. The minimum Gasteiger partial charge on any atom is -0.481 e. The Bertz CT molecular complexity index is 639. The van der Waals surface area contributed by atoms with Crippen LogP contribution in [0.1, 0.15) is 33.6 Å². The Balaban J connectivity index is 5.45. The number of hydrogen-bond donors (Lipinski definition) is 8. The second-order valence-corrected chi connectivity index (χ2v) is 7.20. The maximum absolute atomic E-state index is 12.6. The Morgan fingerprint density at radius 1 is 0.833 bits per heavy atom. The molecular formula is C17H30N4O9. The molecule has 0 aromatic heterocycles. The third-order valence-electron chi connectivity index (χ3n) is 3.97. The molecule has 0 heterocycles. The van der Waals surface area contributed by atoms with Crippen LogP contribution in [0.25, 0.3) is 0 Å². The standard InChI is InChI=1S/C17H30N4O9/c1-7(2)4-9(14(26)21-11(6-22)17(29)30)19-15(27)10(5-12(24)25)20-16(28)13(18)8(3)23/h7-11,13,22-23H,4-6,18H2,1-3H3,(H,19,27)(H,20,28)(H,21,26)(H,24,25)(H,29,30). The monoisotopic (exact) mass is 434 g/mol. The van der Waals surface area contributed by atoms with Crippen LogP contribution >= 0.6 is 0 Å². The van der Waals surface area contributed by atoms with Gasteiger partial charge in [-0.2, -0.15) is 0 Å². The van der Waals surface area contributed by atoms with Crippen molar-refractivity contribution in [3.63, 3.8) is 0 Å². The van der Waals surface area contributed by atoms with Crippen molar-refractivity contribution in [1.29, 1.82) is 0 Å². The molecule has 0 aliphatic rings. The molecule has 0 spiro atoms. The lowest BCUT2D eigenvalue weighted by Gasteiger charge is -2.25. The van der Waals surface area contributed by atoms with E-state index in [9.17, 15) is 29.1 Å². The lowest BCUT2D eigenvalue weighted by Crippen LogP contribution is -2.58. The zero-order chi connectivity index (χ0) is 23.6. The first-order valence-corrected chi connectivity index (χ1v) is 9.20. The van der Waals surface area contributed by atoms with Crippen molar-refractivity contribution in [3.8, 4) is 0 Å². The molecule has 0 rings (SSSR count). The molecule has 13 nitrogen and oxygen atoms in total. The molecule has 0 saturated heterocycles. The van der Waals surface area contributed by atoms with Gasteiger partial charge in [-0.05, 0) is 19.3 Å². The number of amides is 3. The zero-order valence-corrected chi connectivity index (χ0v) is 17.0. The molecule has 0 aromatic carbocycles. The predicted octanol–water partition coefficient (Wildman–Crippen LogP) is -3.25. The molecule has 0 saturated carbocycles. The average Bonchev–Trinajstić information content (AvgIpc) is 2.62. The second-order valence-electron chi connectivity index (χ2n) is 7.20. The number of hydrogen-bond acceptors (Lipinski definition) is 8. The summed E-state index contributed by atoms with van der Waals surface area (Å²) in [5.41, 5.74) is 5.47. The van der Waals surface area contributed by atoms with Crippen LogP contribution in [-0.2, 0) is 24.0 Å². The number of carbonyl (C=O) groups excluding carboxylic acids is 3. The number of aliphatic hydroxyl groups is 2. The largest absolute Gasteiger partial charge is 0.481 e. The van der Waals surface area contributed by atoms with Crippen molar-refractivity contribution in [2.45, 2.75) is 63.9 Å². The normalized spacial score (nSPS) is 16.0. The summed E-state index contributed by atoms with van der Waals surface area (Å²) in [6.07, 6.45) is -2.02. The van der Waals surface area contributed by atoms with E-state index < -0.39 is 73.0 Å². The number of nitrogens with one attached hydrogen (secondary N) is 3. The highest BCUT2D eigenvalue weighted by Crippen LogP contribution is 2.07. The number of carboxylic acids is 2. The van der Waals surface area contributed by atoms with Crippen molar-refractivity contribution in [3.05, 3.63) is 0 Å². The van der Waals surface area contributed by atoms with E-state index in [1.165, 1.54) is 6.92 Å². The van der Waals surface area contributed by atoms with E-state index in [0.717, 1.165) is 0 Å². The third-order valence-corrected chi connectivity index (χ3v) is 3.97.